The fourth-order valence-electron chi connectivity index (χ4n) is 9.12. The minimum Gasteiger partial charge on any atom is -0.506 e. The van der Waals surface area contributed by atoms with Crippen molar-refractivity contribution in [3.63, 3.8) is 0 Å². The number of aromatic nitrogens is 9. The maximum absolute atomic E-state index is 13.3. The van der Waals surface area contributed by atoms with E-state index >= 15 is 0 Å². The van der Waals surface area contributed by atoms with E-state index in [9.17, 15) is 44.6 Å². The average molecular weight is 1210 g/mol. The summed E-state index contributed by atoms with van der Waals surface area (Å²) in [7, 11) is 0. The summed E-state index contributed by atoms with van der Waals surface area (Å²) in [6, 6.07) is 42.9. The molecule has 0 fully saturated rings. The smallest absolute Gasteiger partial charge is 0.418 e. The summed E-state index contributed by atoms with van der Waals surface area (Å²) in [6.07, 6.45) is -12.6. The van der Waals surface area contributed by atoms with Gasteiger partial charge in [0.25, 0.3) is 0 Å². The Morgan fingerprint density at radius 1 is 0.400 bits per heavy atom. The summed E-state index contributed by atoms with van der Waals surface area (Å²) in [5.74, 6) is -0.0934. The molecule has 3 aromatic heterocycles. The largest absolute Gasteiger partial charge is 0.506 e. The molecule has 11 aromatic rings. The SMILES string of the molecule is CC(C)(C)CC(C)(C)c1ccc(O)c(-n2nc3cccc(C(F)(F)F)c3n2)c1.FC(F)(F)c1cccc2nn(-c3cccc4ccccc34)nc12.FC(F)(F)c1cccc2nn(-c3cccc4ccccc34)nc12.[Ir]. The number of nitrogens with zero attached hydrogens (tertiary/aromatic N) is 9. The number of aromatic hydroxyl groups is 1. The maximum atomic E-state index is 13.3. The molecular weight excluding hydrogens is 1170 g/mol. The van der Waals surface area contributed by atoms with Gasteiger partial charge < -0.3 is 5.11 Å². The summed E-state index contributed by atoms with van der Waals surface area (Å²) in [5, 5.41) is 38.8. The van der Waals surface area contributed by atoms with Gasteiger partial charge in [-0.05, 0) is 94.3 Å². The van der Waals surface area contributed by atoms with Crippen LogP contribution >= 0.6 is 0 Å². The number of halogens is 9. The van der Waals surface area contributed by atoms with Crippen LogP contribution in [0, 0.1) is 5.41 Å². The number of phenols is 1. The molecule has 0 bridgehead atoms. The maximum Gasteiger partial charge on any atom is 0.418 e. The standard InChI is InChI=1S/C21H24F3N3O.2C17H10F3N3.Ir/c1-19(2,3)12-20(4,5)13-9-10-17(28)16(11-13)27-25-15-8-6-7-14(18(15)26-27)21(22,23)24;2*18-17(19,20)13-8-4-9-14-16(13)22-23(21-14)15-10-3-6-11-5-1-2-7-12(11)15;/h6-11,28H,12H2,1-5H3;2*1-10H;. The molecule has 8 aromatic carbocycles. The van der Waals surface area contributed by atoms with Gasteiger partial charge in [-0.1, -0.05) is 132 Å². The molecule has 3 heterocycles. The van der Waals surface area contributed by atoms with E-state index in [0.717, 1.165) is 56.5 Å². The van der Waals surface area contributed by atoms with Crippen LogP contribution in [0.3, 0.4) is 0 Å². The van der Waals surface area contributed by atoms with E-state index in [1.54, 1.807) is 18.2 Å². The molecule has 0 spiro atoms. The van der Waals surface area contributed by atoms with Crippen LogP contribution in [0.2, 0.25) is 0 Å². The molecule has 0 saturated heterocycles. The molecular formula is C55H44F9IrN9O. The molecule has 1 radical (unpaired) electrons. The number of alkyl halides is 9. The summed E-state index contributed by atoms with van der Waals surface area (Å²) in [6.45, 7) is 10.6. The Bertz CT molecular complexity index is 3670. The van der Waals surface area contributed by atoms with Gasteiger partial charge in [0.1, 0.15) is 44.5 Å². The van der Waals surface area contributed by atoms with E-state index in [2.05, 4.69) is 65.2 Å². The van der Waals surface area contributed by atoms with Crippen LogP contribution in [0.4, 0.5) is 39.5 Å². The first-order valence-electron chi connectivity index (χ1n) is 23.0. The van der Waals surface area contributed by atoms with Crippen molar-refractivity contribution >= 4 is 54.6 Å². The first kappa shape index (κ1) is 53.6. The van der Waals surface area contributed by atoms with Crippen LogP contribution in [0.15, 0.2) is 158 Å². The Morgan fingerprint density at radius 2 is 0.747 bits per heavy atom. The van der Waals surface area contributed by atoms with E-state index in [4.69, 9.17) is 0 Å². The zero-order valence-electron chi connectivity index (χ0n) is 40.4. The van der Waals surface area contributed by atoms with Crippen molar-refractivity contribution in [3.8, 4) is 22.8 Å². The van der Waals surface area contributed by atoms with Crippen LogP contribution in [-0.2, 0) is 44.0 Å². The zero-order chi connectivity index (χ0) is 53.0. The van der Waals surface area contributed by atoms with E-state index < -0.39 is 35.2 Å². The minimum absolute atomic E-state index is 0. The van der Waals surface area contributed by atoms with E-state index in [1.807, 2.05) is 78.9 Å². The van der Waals surface area contributed by atoms with Crippen molar-refractivity contribution in [2.45, 2.75) is 65.0 Å². The molecule has 387 valence electrons. The summed E-state index contributed by atoms with van der Waals surface area (Å²) < 4.78 is 118. The first-order valence-corrected chi connectivity index (χ1v) is 23.0. The van der Waals surface area contributed by atoms with Crippen LogP contribution in [-0.4, -0.2) is 50.1 Å². The third kappa shape index (κ3) is 11.4. The van der Waals surface area contributed by atoms with Crippen LogP contribution in [0.25, 0.3) is 71.7 Å². The molecule has 0 aliphatic heterocycles. The molecule has 10 nitrogen and oxygen atoms in total. The number of rotatable bonds is 5. The van der Waals surface area contributed by atoms with Crippen LogP contribution < -0.4 is 0 Å². The third-order valence-corrected chi connectivity index (χ3v) is 12.1. The monoisotopic (exact) mass is 1210 g/mol. The van der Waals surface area contributed by atoms with Crippen LogP contribution in [0.5, 0.6) is 5.75 Å². The van der Waals surface area contributed by atoms with Gasteiger partial charge in [-0.15, -0.1) is 45.0 Å². The second kappa shape index (κ2) is 20.2. The number of fused-ring (bicyclic) bond motifs is 5. The fourth-order valence-corrected chi connectivity index (χ4v) is 9.12. The summed E-state index contributed by atoms with van der Waals surface area (Å²) in [5.41, 5.74) is -0.00503. The molecule has 0 amide bonds. The molecule has 0 saturated carbocycles. The second-order valence-corrected chi connectivity index (χ2v) is 19.3. The van der Waals surface area contributed by atoms with Crippen molar-refractivity contribution < 1.29 is 64.7 Å². The van der Waals surface area contributed by atoms with Crippen molar-refractivity contribution in [1.82, 2.24) is 45.0 Å². The summed E-state index contributed by atoms with van der Waals surface area (Å²) >= 11 is 0. The van der Waals surface area contributed by atoms with E-state index in [0.29, 0.717) is 11.4 Å². The van der Waals surface area contributed by atoms with Crippen molar-refractivity contribution in [1.29, 1.82) is 0 Å². The number of benzene rings is 8. The summed E-state index contributed by atoms with van der Waals surface area (Å²) in [4.78, 5) is 3.61. The Balaban J connectivity index is 0.000000149. The minimum atomic E-state index is -4.53. The Labute approximate surface area is 435 Å². The third-order valence-electron chi connectivity index (χ3n) is 12.1. The van der Waals surface area contributed by atoms with Crippen molar-refractivity contribution in [2.75, 3.05) is 0 Å². The molecule has 0 aliphatic carbocycles. The Kier molecular flexibility index (Phi) is 14.4. The van der Waals surface area contributed by atoms with Gasteiger partial charge in [0.05, 0.1) is 28.1 Å². The second-order valence-electron chi connectivity index (χ2n) is 19.3. The van der Waals surface area contributed by atoms with Gasteiger partial charge in [0.15, 0.2) is 0 Å². The molecule has 20 heteroatoms. The molecule has 0 unspecified atom stereocenters. The zero-order valence-corrected chi connectivity index (χ0v) is 42.8. The quantitative estimate of drug-likeness (QED) is 0.171. The van der Waals surface area contributed by atoms with Gasteiger partial charge in [-0.3, -0.25) is 0 Å². The molecule has 0 atom stereocenters. The van der Waals surface area contributed by atoms with E-state index in [-0.39, 0.29) is 75.5 Å². The van der Waals surface area contributed by atoms with Crippen molar-refractivity contribution in [2.24, 2.45) is 5.41 Å². The predicted octanol–water partition coefficient (Wildman–Crippen LogP) is 15.0. The number of phenolic OH excluding ortho intramolecular Hbond substituents is 1. The Morgan fingerprint density at radius 3 is 1.12 bits per heavy atom. The molecule has 11 rings (SSSR count). The average Bonchev–Trinajstić information content (AvgIpc) is 4.10. The molecule has 1 N–H and O–H groups in total. The molecule has 0 aliphatic rings. The van der Waals surface area contributed by atoms with Gasteiger partial charge in [0.2, 0.25) is 0 Å². The number of hydrogen-bond acceptors (Lipinski definition) is 7. The molecule has 75 heavy (non-hydrogen) atoms. The predicted molar refractivity (Wildman–Crippen MR) is 265 cm³/mol. The van der Waals surface area contributed by atoms with Gasteiger partial charge in [-0.2, -0.15) is 39.5 Å². The van der Waals surface area contributed by atoms with Gasteiger partial charge >= 0.3 is 18.5 Å². The van der Waals surface area contributed by atoms with Gasteiger partial charge in [-0.25, -0.2) is 0 Å². The van der Waals surface area contributed by atoms with E-state index in [1.165, 1.54) is 52.1 Å². The normalized spacial score (nSPS) is 12.4. The van der Waals surface area contributed by atoms with Crippen molar-refractivity contribution in [3.05, 3.63) is 180 Å². The Hall–Kier alpha value is -7.70. The van der Waals surface area contributed by atoms with Gasteiger partial charge in [0, 0.05) is 30.9 Å². The topological polar surface area (TPSA) is 112 Å². The number of hydrogen-bond donors (Lipinski definition) is 1. The first-order chi connectivity index (χ1) is 34.9. The van der Waals surface area contributed by atoms with Crippen LogP contribution in [0.1, 0.15) is 63.3 Å². The fraction of sp³-hybridized carbons (Fsp3) is 0.200.